The zero-order chi connectivity index (χ0) is 11.3. The van der Waals surface area contributed by atoms with Crippen molar-refractivity contribution in [3.8, 4) is 12.3 Å². The van der Waals surface area contributed by atoms with E-state index in [9.17, 15) is 4.79 Å². The summed E-state index contributed by atoms with van der Waals surface area (Å²) in [6.45, 7) is 3.49. The van der Waals surface area contributed by atoms with Gasteiger partial charge in [-0.2, -0.15) is 0 Å². The number of rotatable bonds is 4. The molecule has 0 aromatic rings. The van der Waals surface area contributed by atoms with E-state index in [0.717, 1.165) is 13.0 Å². The van der Waals surface area contributed by atoms with Crippen LogP contribution in [0.5, 0.6) is 0 Å². The number of amides is 1. The smallest absolute Gasteiger partial charge is 0.234 e. The Morgan fingerprint density at radius 1 is 1.73 bits per heavy atom. The lowest BCUT2D eigenvalue weighted by Gasteiger charge is -2.25. The van der Waals surface area contributed by atoms with E-state index in [1.54, 1.807) is 0 Å². The molecule has 2 atom stereocenters. The Labute approximate surface area is 91.0 Å². The Kier molecular flexibility index (Phi) is 4.60. The van der Waals surface area contributed by atoms with Crippen molar-refractivity contribution in [2.24, 2.45) is 0 Å². The van der Waals surface area contributed by atoms with Crippen LogP contribution in [0, 0.1) is 12.3 Å². The Morgan fingerprint density at radius 3 is 3.00 bits per heavy atom. The number of hydrogen-bond donors (Lipinski definition) is 1. The molecule has 1 aliphatic rings. The summed E-state index contributed by atoms with van der Waals surface area (Å²) in [7, 11) is 1.94. The van der Waals surface area contributed by atoms with Crippen molar-refractivity contribution >= 4 is 5.91 Å². The molecule has 0 aliphatic carbocycles. The van der Waals surface area contributed by atoms with Gasteiger partial charge in [0.1, 0.15) is 0 Å². The zero-order valence-corrected chi connectivity index (χ0v) is 9.32. The predicted octanol–water partition coefficient (Wildman–Crippen LogP) is -0.155. The number of ether oxygens (including phenoxy) is 1. The van der Waals surface area contributed by atoms with Gasteiger partial charge in [-0.1, -0.05) is 5.92 Å². The van der Waals surface area contributed by atoms with Gasteiger partial charge in [0.15, 0.2) is 0 Å². The fourth-order valence-electron chi connectivity index (χ4n) is 1.85. The standard InChI is InChI=1S/C11H18N2O2/c1-4-6-12-11(14)8-13(3)10-5-7-15-9(10)2/h1,9-10H,5-8H2,2-3H3,(H,12,14). The van der Waals surface area contributed by atoms with Gasteiger partial charge in [0.25, 0.3) is 0 Å². The van der Waals surface area contributed by atoms with Gasteiger partial charge in [0.05, 0.1) is 19.2 Å². The Hall–Kier alpha value is -1.05. The molecule has 0 radical (unpaired) electrons. The summed E-state index contributed by atoms with van der Waals surface area (Å²) >= 11 is 0. The molecule has 0 aromatic carbocycles. The molecule has 0 aromatic heterocycles. The number of terminal acetylenes is 1. The second-order valence-electron chi connectivity index (χ2n) is 3.83. The number of carbonyl (C=O) groups excluding carboxylic acids is 1. The van der Waals surface area contributed by atoms with Crippen molar-refractivity contribution in [3.05, 3.63) is 0 Å². The summed E-state index contributed by atoms with van der Waals surface area (Å²) in [5.41, 5.74) is 0. The van der Waals surface area contributed by atoms with Crippen LogP contribution in [0.1, 0.15) is 13.3 Å². The Morgan fingerprint density at radius 2 is 2.47 bits per heavy atom. The molecule has 4 nitrogen and oxygen atoms in total. The first-order valence-corrected chi connectivity index (χ1v) is 5.17. The largest absolute Gasteiger partial charge is 0.377 e. The third-order valence-electron chi connectivity index (χ3n) is 2.68. The van der Waals surface area contributed by atoms with Gasteiger partial charge in [-0.25, -0.2) is 0 Å². The predicted molar refractivity (Wildman–Crippen MR) is 58.3 cm³/mol. The number of likely N-dealkylation sites (N-methyl/N-ethyl adjacent to an activating group) is 1. The Balaban J connectivity index is 2.31. The van der Waals surface area contributed by atoms with Crippen LogP contribution >= 0.6 is 0 Å². The van der Waals surface area contributed by atoms with Gasteiger partial charge in [-0.3, -0.25) is 9.69 Å². The number of carbonyl (C=O) groups is 1. The number of nitrogens with zero attached hydrogens (tertiary/aromatic N) is 1. The van der Waals surface area contributed by atoms with E-state index in [1.165, 1.54) is 0 Å². The maximum absolute atomic E-state index is 11.4. The van der Waals surface area contributed by atoms with E-state index in [0.29, 0.717) is 19.1 Å². The van der Waals surface area contributed by atoms with Gasteiger partial charge in [0.2, 0.25) is 5.91 Å². The van der Waals surface area contributed by atoms with Crippen molar-refractivity contribution in [2.75, 3.05) is 26.7 Å². The molecule has 84 valence electrons. The molecule has 4 heteroatoms. The van der Waals surface area contributed by atoms with Gasteiger partial charge < -0.3 is 10.1 Å². The van der Waals surface area contributed by atoms with Gasteiger partial charge >= 0.3 is 0 Å². The average molecular weight is 210 g/mol. The highest BCUT2D eigenvalue weighted by atomic mass is 16.5. The molecule has 0 bridgehead atoms. The Bertz CT molecular complexity index is 260. The maximum atomic E-state index is 11.4. The molecule has 1 saturated heterocycles. The molecule has 15 heavy (non-hydrogen) atoms. The van der Waals surface area contributed by atoms with Gasteiger partial charge in [-0.15, -0.1) is 6.42 Å². The number of hydrogen-bond acceptors (Lipinski definition) is 3. The van der Waals surface area contributed by atoms with E-state index in [4.69, 9.17) is 11.2 Å². The molecule has 1 rings (SSSR count). The lowest BCUT2D eigenvalue weighted by Crippen LogP contribution is -2.43. The SMILES string of the molecule is C#CCNC(=O)CN(C)C1CCOC1C. The molecule has 1 heterocycles. The minimum atomic E-state index is -0.0328. The minimum Gasteiger partial charge on any atom is -0.377 e. The molecule has 1 fully saturated rings. The van der Waals surface area contributed by atoms with Crippen LogP contribution in [0.2, 0.25) is 0 Å². The first-order valence-electron chi connectivity index (χ1n) is 5.17. The van der Waals surface area contributed by atoms with Crippen LogP contribution in [-0.4, -0.2) is 49.7 Å². The van der Waals surface area contributed by atoms with Crippen molar-refractivity contribution in [1.82, 2.24) is 10.2 Å². The van der Waals surface area contributed by atoms with E-state index in [1.807, 2.05) is 18.9 Å². The zero-order valence-electron chi connectivity index (χ0n) is 9.32. The fraction of sp³-hybridized carbons (Fsp3) is 0.727. The van der Waals surface area contributed by atoms with Crippen LogP contribution in [0.15, 0.2) is 0 Å². The average Bonchev–Trinajstić information content (AvgIpc) is 2.61. The summed E-state index contributed by atoms with van der Waals surface area (Å²) in [6, 6.07) is 0.335. The van der Waals surface area contributed by atoms with Crippen LogP contribution in [0.3, 0.4) is 0 Å². The first kappa shape index (κ1) is 12.0. The molecule has 0 spiro atoms. The van der Waals surface area contributed by atoms with Crippen LogP contribution in [0.4, 0.5) is 0 Å². The topological polar surface area (TPSA) is 41.6 Å². The van der Waals surface area contributed by atoms with Crippen molar-refractivity contribution in [1.29, 1.82) is 0 Å². The highest BCUT2D eigenvalue weighted by Crippen LogP contribution is 2.17. The lowest BCUT2D eigenvalue weighted by molar-refractivity contribution is -0.122. The molecule has 1 amide bonds. The molecule has 0 saturated carbocycles. The molecule has 2 unspecified atom stereocenters. The first-order chi connectivity index (χ1) is 7.15. The van der Waals surface area contributed by atoms with Crippen LogP contribution in [0.25, 0.3) is 0 Å². The highest BCUT2D eigenvalue weighted by molar-refractivity contribution is 5.78. The van der Waals surface area contributed by atoms with Crippen molar-refractivity contribution in [2.45, 2.75) is 25.5 Å². The van der Waals surface area contributed by atoms with E-state index in [-0.39, 0.29) is 12.0 Å². The second-order valence-corrected chi connectivity index (χ2v) is 3.83. The highest BCUT2D eigenvalue weighted by Gasteiger charge is 2.28. The van der Waals surface area contributed by atoms with Crippen LogP contribution in [-0.2, 0) is 9.53 Å². The second kappa shape index (κ2) is 5.74. The summed E-state index contributed by atoms with van der Waals surface area (Å²) in [5, 5.41) is 2.64. The van der Waals surface area contributed by atoms with E-state index < -0.39 is 0 Å². The molecule has 1 N–H and O–H groups in total. The summed E-state index contributed by atoms with van der Waals surface area (Å²) in [5.74, 6) is 2.34. The van der Waals surface area contributed by atoms with Crippen molar-refractivity contribution in [3.63, 3.8) is 0 Å². The van der Waals surface area contributed by atoms with E-state index in [2.05, 4.69) is 11.2 Å². The van der Waals surface area contributed by atoms with Gasteiger partial charge in [0, 0.05) is 12.6 Å². The molecule has 1 aliphatic heterocycles. The maximum Gasteiger partial charge on any atom is 0.234 e. The van der Waals surface area contributed by atoms with Crippen molar-refractivity contribution < 1.29 is 9.53 Å². The fourth-order valence-corrected chi connectivity index (χ4v) is 1.85. The minimum absolute atomic E-state index is 0.0328. The summed E-state index contributed by atoms with van der Waals surface area (Å²) < 4.78 is 5.44. The quantitative estimate of drug-likeness (QED) is 0.656. The van der Waals surface area contributed by atoms with Crippen LogP contribution < -0.4 is 5.32 Å². The number of nitrogens with one attached hydrogen (secondary N) is 1. The van der Waals surface area contributed by atoms with Gasteiger partial charge in [-0.05, 0) is 20.4 Å². The normalized spacial score (nSPS) is 25.2. The lowest BCUT2D eigenvalue weighted by atomic mass is 10.1. The third kappa shape index (κ3) is 3.54. The van der Waals surface area contributed by atoms with E-state index >= 15 is 0 Å². The third-order valence-corrected chi connectivity index (χ3v) is 2.68. The molecular formula is C11H18N2O2. The molecular weight excluding hydrogens is 192 g/mol. The summed E-state index contributed by atoms with van der Waals surface area (Å²) in [4.78, 5) is 13.4. The monoisotopic (exact) mass is 210 g/mol. The summed E-state index contributed by atoms with van der Waals surface area (Å²) in [6.07, 6.45) is 6.24.